The Kier molecular flexibility index (Phi) is 3.82. The summed E-state index contributed by atoms with van der Waals surface area (Å²) in [5, 5.41) is 8.86. The molecule has 8 heteroatoms. The number of aryl methyl sites for hydroxylation is 1. The Labute approximate surface area is 118 Å². The summed E-state index contributed by atoms with van der Waals surface area (Å²) in [6.07, 6.45) is 0. The molecule has 0 saturated heterocycles. The van der Waals surface area contributed by atoms with E-state index in [2.05, 4.69) is 0 Å². The minimum absolute atomic E-state index is 0.0676. The molecule has 1 heterocycles. The van der Waals surface area contributed by atoms with Gasteiger partial charge in [-0.2, -0.15) is 0 Å². The highest BCUT2D eigenvalue weighted by Gasteiger charge is 2.22. The van der Waals surface area contributed by atoms with E-state index in [0.717, 1.165) is 12.1 Å². The van der Waals surface area contributed by atoms with Crippen molar-refractivity contribution in [1.82, 2.24) is 0 Å². The summed E-state index contributed by atoms with van der Waals surface area (Å²) < 4.78 is 55.1. The van der Waals surface area contributed by atoms with Crippen LogP contribution in [-0.4, -0.2) is 19.5 Å². The van der Waals surface area contributed by atoms with Crippen molar-refractivity contribution in [2.45, 2.75) is 17.6 Å². The van der Waals surface area contributed by atoms with Crippen molar-refractivity contribution in [3.05, 3.63) is 53.0 Å². The second-order valence-corrected chi connectivity index (χ2v) is 6.31. The molecule has 1 aromatic heterocycles. The van der Waals surface area contributed by atoms with Gasteiger partial charge in [0.25, 0.3) is 0 Å². The number of carboxylic acids is 1. The van der Waals surface area contributed by atoms with E-state index in [1.807, 2.05) is 0 Å². The molecule has 5 nitrogen and oxygen atoms in total. The zero-order valence-electron chi connectivity index (χ0n) is 10.8. The van der Waals surface area contributed by atoms with Crippen LogP contribution in [0.5, 0.6) is 0 Å². The van der Waals surface area contributed by atoms with Gasteiger partial charge in [0.1, 0.15) is 22.8 Å². The molecular weight excluding hydrogens is 306 g/mol. The van der Waals surface area contributed by atoms with Gasteiger partial charge in [-0.1, -0.05) is 0 Å². The Hall–Kier alpha value is -2.22. The smallest absolute Gasteiger partial charge is 0.339 e. The number of furan rings is 1. The SMILES string of the molecule is Cc1oc(CS(=O)(=O)c2ccc(F)c(F)c2)cc1C(=O)O. The van der Waals surface area contributed by atoms with Crippen molar-refractivity contribution in [2.75, 3.05) is 0 Å². The number of aromatic carboxylic acids is 1. The molecule has 0 radical (unpaired) electrons. The first-order valence-corrected chi connectivity index (χ1v) is 7.36. The fraction of sp³-hybridized carbons (Fsp3) is 0.154. The lowest BCUT2D eigenvalue weighted by Gasteiger charge is -2.03. The van der Waals surface area contributed by atoms with Gasteiger partial charge in [0.2, 0.25) is 0 Å². The molecule has 2 rings (SSSR count). The molecule has 0 aliphatic carbocycles. The van der Waals surface area contributed by atoms with Crippen LogP contribution in [0.4, 0.5) is 8.78 Å². The Morgan fingerprint density at radius 1 is 1.24 bits per heavy atom. The van der Waals surface area contributed by atoms with Crippen LogP contribution in [0.3, 0.4) is 0 Å². The van der Waals surface area contributed by atoms with Gasteiger partial charge in [-0.25, -0.2) is 22.0 Å². The maximum Gasteiger partial charge on any atom is 0.339 e. The van der Waals surface area contributed by atoms with Gasteiger partial charge < -0.3 is 9.52 Å². The van der Waals surface area contributed by atoms with Gasteiger partial charge in [0, 0.05) is 0 Å². The normalized spacial score (nSPS) is 11.6. The molecule has 0 aliphatic rings. The van der Waals surface area contributed by atoms with Crippen LogP contribution in [0.25, 0.3) is 0 Å². The van der Waals surface area contributed by atoms with Crippen LogP contribution in [-0.2, 0) is 15.6 Å². The molecule has 2 aromatic rings. The minimum atomic E-state index is -3.98. The van der Waals surface area contributed by atoms with Crippen LogP contribution in [0.2, 0.25) is 0 Å². The highest BCUT2D eigenvalue weighted by atomic mass is 32.2. The van der Waals surface area contributed by atoms with Crippen molar-refractivity contribution >= 4 is 15.8 Å². The quantitative estimate of drug-likeness (QED) is 0.876. The minimum Gasteiger partial charge on any atom is -0.478 e. The molecule has 1 N–H and O–H groups in total. The highest BCUT2D eigenvalue weighted by Crippen LogP contribution is 2.22. The van der Waals surface area contributed by atoms with Gasteiger partial charge in [0.05, 0.1) is 4.90 Å². The molecule has 0 amide bonds. The summed E-state index contributed by atoms with van der Waals surface area (Å²) in [5.41, 5.74) is -0.148. The van der Waals surface area contributed by atoms with Crippen LogP contribution in [0, 0.1) is 18.6 Å². The standard InChI is InChI=1S/C13H10F2O5S/c1-7-10(13(16)17)4-8(20-7)6-21(18,19)9-2-3-11(14)12(15)5-9/h2-5H,6H2,1H3,(H,16,17). The van der Waals surface area contributed by atoms with Crippen molar-refractivity contribution < 1.29 is 31.5 Å². The first-order chi connectivity index (χ1) is 9.70. The zero-order valence-corrected chi connectivity index (χ0v) is 11.6. The fourth-order valence-corrected chi connectivity index (χ4v) is 3.01. The molecule has 0 fully saturated rings. The number of carboxylic acid groups (broad SMARTS) is 1. The van der Waals surface area contributed by atoms with E-state index in [4.69, 9.17) is 9.52 Å². The lowest BCUT2D eigenvalue weighted by molar-refractivity contribution is 0.0695. The molecule has 0 bridgehead atoms. The number of rotatable bonds is 4. The van der Waals surface area contributed by atoms with Gasteiger partial charge in [-0.15, -0.1) is 0 Å². The number of halogens is 2. The van der Waals surface area contributed by atoms with Gasteiger partial charge in [-0.05, 0) is 31.2 Å². The zero-order chi connectivity index (χ0) is 15.8. The Morgan fingerprint density at radius 3 is 2.43 bits per heavy atom. The third-order valence-electron chi connectivity index (χ3n) is 2.78. The second kappa shape index (κ2) is 5.28. The Morgan fingerprint density at radius 2 is 1.90 bits per heavy atom. The fourth-order valence-electron chi connectivity index (χ4n) is 1.77. The lowest BCUT2D eigenvalue weighted by Crippen LogP contribution is -2.05. The molecule has 0 unspecified atom stereocenters. The molecule has 0 aliphatic heterocycles. The van der Waals surface area contributed by atoms with Crippen molar-refractivity contribution in [3.8, 4) is 0 Å². The molecule has 1 aromatic carbocycles. The summed E-state index contributed by atoms with van der Waals surface area (Å²) >= 11 is 0. The van der Waals surface area contributed by atoms with E-state index in [9.17, 15) is 22.0 Å². The number of hydrogen-bond acceptors (Lipinski definition) is 4. The van der Waals surface area contributed by atoms with Gasteiger partial charge >= 0.3 is 5.97 Å². The number of sulfone groups is 1. The predicted molar refractivity (Wildman–Crippen MR) is 67.7 cm³/mol. The van der Waals surface area contributed by atoms with Crippen molar-refractivity contribution in [3.63, 3.8) is 0 Å². The molecule has 21 heavy (non-hydrogen) atoms. The van der Waals surface area contributed by atoms with Gasteiger partial charge in [0.15, 0.2) is 21.5 Å². The summed E-state index contributed by atoms with van der Waals surface area (Å²) in [4.78, 5) is 10.4. The average Bonchev–Trinajstić information content (AvgIpc) is 2.72. The summed E-state index contributed by atoms with van der Waals surface area (Å²) in [7, 11) is -3.98. The monoisotopic (exact) mass is 316 g/mol. The topological polar surface area (TPSA) is 84.6 Å². The number of hydrogen-bond donors (Lipinski definition) is 1. The van der Waals surface area contributed by atoms with E-state index < -0.39 is 38.1 Å². The largest absolute Gasteiger partial charge is 0.478 e. The third kappa shape index (κ3) is 3.10. The second-order valence-electron chi connectivity index (χ2n) is 4.32. The van der Waals surface area contributed by atoms with Crippen LogP contribution in [0.1, 0.15) is 21.9 Å². The number of carbonyl (C=O) groups is 1. The highest BCUT2D eigenvalue weighted by molar-refractivity contribution is 7.90. The van der Waals surface area contributed by atoms with E-state index in [1.165, 1.54) is 6.92 Å². The van der Waals surface area contributed by atoms with Crippen LogP contribution < -0.4 is 0 Å². The van der Waals surface area contributed by atoms with Crippen LogP contribution in [0.15, 0.2) is 33.6 Å². The van der Waals surface area contributed by atoms with Crippen molar-refractivity contribution in [2.24, 2.45) is 0 Å². The summed E-state index contributed by atoms with van der Waals surface area (Å²) in [6, 6.07) is 3.30. The van der Waals surface area contributed by atoms with Gasteiger partial charge in [-0.3, -0.25) is 0 Å². The van der Waals surface area contributed by atoms with E-state index in [1.54, 1.807) is 0 Å². The molecule has 0 saturated carbocycles. The number of benzene rings is 1. The first-order valence-electron chi connectivity index (χ1n) is 5.71. The molecule has 0 spiro atoms. The van der Waals surface area contributed by atoms with Crippen molar-refractivity contribution in [1.29, 1.82) is 0 Å². The van der Waals surface area contributed by atoms with Crippen LogP contribution >= 0.6 is 0 Å². The molecular formula is C13H10F2O5S. The maximum absolute atomic E-state index is 13.1. The Bertz CT molecular complexity index is 808. The molecule has 112 valence electrons. The third-order valence-corrected chi connectivity index (χ3v) is 4.42. The average molecular weight is 316 g/mol. The summed E-state index contributed by atoms with van der Waals surface area (Å²) in [6.45, 7) is 1.39. The van der Waals surface area contributed by atoms with E-state index >= 15 is 0 Å². The first kappa shape index (κ1) is 15.2. The van der Waals surface area contributed by atoms with E-state index in [-0.39, 0.29) is 17.1 Å². The molecule has 0 atom stereocenters. The van der Waals surface area contributed by atoms with E-state index in [0.29, 0.717) is 12.1 Å². The lowest BCUT2D eigenvalue weighted by atomic mass is 10.2. The summed E-state index contributed by atoms with van der Waals surface area (Å²) in [5.74, 6) is -4.35. The predicted octanol–water partition coefficient (Wildman–Crippen LogP) is 2.54. The maximum atomic E-state index is 13.1. The Balaban J connectivity index is 2.35.